The van der Waals surface area contributed by atoms with E-state index in [-0.39, 0.29) is 22.7 Å². The third kappa shape index (κ3) is 2.49. The molecule has 0 aromatic carbocycles. The lowest BCUT2D eigenvalue weighted by Crippen LogP contribution is -2.46. The second-order valence-corrected chi connectivity index (χ2v) is 5.36. The summed E-state index contributed by atoms with van der Waals surface area (Å²) in [6, 6.07) is -0.704. The number of imide groups is 1. The number of anilines is 1. The Morgan fingerprint density at radius 1 is 1.30 bits per heavy atom. The molecule has 0 bridgehead atoms. The molecule has 9 heteroatoms. The zero-order valence-corrected chi connectivity index (χ0v) is 13.1. The topological polar surface area (TPSA) is 67.6 Å². The second-order valence-electron chi connectivity index (χ2n) is 5.36. The first kappa shape index (κ1) is 17.0. The van der Waals surface area contributed by atoms with E-state index in [9.17, 15) is 28.0 Å². The second kappa shape index (κ2) is 5.39. The molecule has 1 fully saturated rings. The van der Waals surface area contributed by atoms with Gasteiger partial charge < -0.3 is 5.21 Å². The van der Waals surface area contributed by atoms with Gasteiger partial charge in [0.1, 0.15) is 11.7 Å². The molecule has 1 unspecified atom stereocenters. The summed E-state index contributed by atoms with van der Waals surface area (Å²) in [6.45, 7) is 5.69. The van der Waals surface area contributed by atoms with E-state index in [1.165, 1.54) is 18.7 Å². The number of nitrogens with zero attached hydrogens (tertiary/aromatic N) is 3. The Hall–Kier alpha value is -2.32. The number of carbonyl (C=O) groups excluding carboxylic acids is 2. The van der Waals surface area contributed by atoms with E-state index in [0.29, 0.717) is 4.90 Å². The van der Waals surface area contributed by atoms with Crippen LogP contribution in [0.1, 0.15) is 30.7 Å². The number of aromatic nitrogens is 1. The molecule has 1 aromatic heterocycles. The minimum Gasteiger partial charge on any atom is -0.710 e. The minimum atomic E-state index is -4.69. The lowest BCUT2D eigenvalue weighted by molar-refractivity contribution is -0.600. The zero-order valence-electron chi connectivity index (χ0n) is 13.1. The first-order valence-electron chi connectivity index (χ1n) is 6.97. The Morgan fingerprint density at radius 2 is 1.87 bits per heavy atom. The molecule has 0 aliphatic carbocycles. The molecule has 3 amide bonds. The van der Waals surface area contributed by atoms with Gasteiger partial charge in [-0.1, -0.05) is 0 Å². The van der Waals surface area contributed by atoms with Crippen molar-refractivity contribution in [2.24, 2.45) is 0 Å². The van der Waals surface area contributed by atoms with Gasteiger partial charge in [0, 0.05) is 12.1 Å². The minimum absolute atomic E-state index is 0.000162. The van der Waals surface area contributed by atoms with E-state index in [0.717, 1.165) is 13.0 Å². The summed E-state index contributed by atoms with van der Waals surface area (Å²) < 4.78 is 38.8. The Labute approximate surface area is 130 Å². The van der Waals surface area contributed by atoms with Crippen molar-refractivity contribution in [3.8, 4) is 0 Å². The molecular formula is C14H16F3N3O3. The van der Waals surface area contributed by atoms with Gasteiger partial charge in [0.15, 0.2) is 0 Å². The quantitative estimate of drug-likeness (QED) is 0.474. The molecule has 2 rings (SSSR count). The van der Waals surface area contributed by atoms with Crippen molar-refractivity contribution in [2.75, 3.05) is 11.4 Å². The third-order valence-electron chi connectivity index (χ3n) is 3.94. The van der Waals surface area contributed by atoms with Crippen molar-refractivity contribution in [2.45, 2.75) is 39.9 Å². The van der Waals surface area contributed by atoms with Crippen molar-refractivity contribution in [3.63, 3.8) is 0 Å². The molecule has 1 saturated heterocycles. The van der Waals surface area contributed by atoms with Crippen molar-refractivity contribution in [1.82, 2.24) is 4.90 Å². The lowest BCUT2D eigenvalue weighted by atomic mass is 10.1. The maximum atomic E-state index is 12.9. The number of aryl methyl sites for hydroxylation is 1. The number of carbonyl (C=O) groups is 2. The van der Waals surface area contributed by atoms with E-state index >= 15 is 0 Å². The fourth-order valence-corrected chi connectivity index (χ4v) is 2.68. The maximum Gasteiger partial charge on any atom is 0.420 e. The molecular weight excluding hydrogens is 315 g/mol. The van der Waals surface area contributed by atoms with Gasteiger partial charge in [-0.2, -0.15) is 13.2 Å². The lowest BCUT2D eigenvalue weighted by Gasteiger charge is -2.20. The summed E-state index contributed by atoms with van der Waals surface area (Å²) in [5.41, 5.74) is -1.79. The van der Waals surface area contributed by atoms with Crippen LogP contribution >= 0.6 is 0 Å². The largest absolute Gasteiger partial charge is 0.710 e. The summed E-state index contributed by atoms with van der Waals surface area (Å²) in [7, 11) is 0. The van der Waals surface area contributed by atoms with E-state index in [1.54, 1.807) is 6.92 Å². The molecule has 23 heavy (non-hydrogen) atoms. The molecule has 1 aromatic rings. The van der Waals surface area contributed by atoms with Crippen LogP contribution < -0.4 is 9.63 Å². The number of pyridine rings is 1. The number of halogens is 3. The van der Waals surface area contributed by atoms with Crippen molar-refractivity contribution < 1.29 is 27.5 Å². The predicted molar refractivity (Wildman–Crippen MR) is 74.6 cm³/mol. The average molecular weight is 331 g/mol. The summed E-state index contributed by atoms with van der Waals surface area (Å²) in [4.78, 5) is 26.5. The maximum absolute atomic E-state index is 12.9. The Morgan fingerprint density at radius 3 is 2.30 bits per heavy atom. The Bertz CT molecular complexity index is 688. The van der Waals surface area contributed by atoms with Crippen LogP contribution in [-0.2, 0) is 11.0 Å². The molecule has 0 N–H and O–H groups in total. The molecule has 126 valence electrons. The van der Waals surface area contributed by atoms with E-state index in [4.69, 9.17) is 0 Å². The van der Waals surface area contributed by atoms with E-state index < -0.39 is 35.4 Å². The smallest absolute Gasteiger partial charge is 0.420 e. The van der Waals surface area contributed by atoms with Crippen molar-refractivity contribution in [1.29, 1.82) is 0 Å². The highest BCUT2D eigenvalue weighted by Gasteiger charge is 2.51. The molecule has 1 aliphatic rings. The van der Waals surface area contributed by atoms with Crippen molar-refractivity contribution in [3.05, 3.63) is 28.1 Å². The molecule has 1 atom stereocenters. The van der Waals surface area contributed by atoms with Crippen LogP contribution in [0, 0.1) is 19.1 Å². The fraction of sp³-hybridized carbons (Fsp3) is 0.500. The summed E-state index contributed by atoms with van der Waals surface area (Å²) in [6.07, 6.45) is -4.69. The monoisotopic (exact) mass is 331 g/mol. The number of likely N-dealkylation sites (N-methyl/N-ethyl adjacent to an activating group) is 1. The van der Waals surface area contributed by atoms with E-state index in [1.807, 2.05) is 0 Å². The molecule has 0 radical (unpaired) electrons. The normalized spacial score (nSPS) is 19.0. The molecule has 0 saturated carbocycles. The first-order valence-corrected chi connectivity index (χ1v) is 6.97. The van der Waals surface area contributed by atoms with Gasteiger partial charge in [0.25, 0.3) is 5.82 Å². The van der Waals surface area contributed by atoms with Gasteiger partial charge in [0.05, 0.1) is 5.56 Å². The highest BCUT2D eigenvalue weighted by Crippen LogP contribution is 2.34. The van der Waals surface area contributed by atoms with E-state index in [2.05, 4.69) is 0 Å². The van der Waals surface area contributed by atoms with Crippen LogP contribution in [0.4, 0.5) is 23.8 Å². The van der Waals surface area contributed by atoms with Crippen molar-refractivity contribution >= 4 is 17.8 Å². The molecule has 2 heterocycles. The van der Waals surface area contributed by atoms with Gasteiger partial charge in [-0.15, -0.1) is 4.90 Å². The number of urea groups is 1. The van der Waals surface area contributed by atoms with Gasteiger partial charge in [-0.3, -0.25) is 4.90 Å². The van der Waals surface area contributed by atoms with Crippen LogP contribution in [0.15, 0.2) is 6.07 Å². The van der Waals surface area contributed by atoms with Crippen LogP contribution in [0.25, 0.3) is 0 Å². The summed E-state index contributed by atoms with van der Waals surface area (Å²) in [5, 5.41) is 12.3. The Kier molecular flexibility index (Phi) is 4.00. The fourth-order valence-electron chi connectivity index (χ4n) is 2.68. The zero-order chi connectivity index (χ0) is 17.7. The highest BCUT2D eigenvalue weighted by atomic mass is 19.4. The SMILES string of the molecule is CCN1C(=O)N(c2c(C)cc(C(F)(F)F)c(C)[n+]2[O-])C(=O)C1C. The van der Waals surface area contributed by atoms with Gasteiger partial charge in [-0.25, -0.2) is 14.3 Å². The van der Waals surface area contributed by atoms with Crippen LogP contribution in [-0.4, -0.2) is 29.4 Å². The standard InChI is InChI=1S/C14H16F3N3O3/c1-5-18-9(4)12(21)19(13(18)22)11-7(2)6-10(14(15,16)17)8(3)20(11)23/h6,9H,5H2,1-4H3. The average Bonchev–Trinajstić information content (AvgIpc) is 2.65. The summed E-state index contributed by atoms with van der Waals surface area (Å²) >= 11 is 0. The number of amides is 3. The van der Waals surface area contributed by atoms with Gasteiger partial charge >= 0.3 is 18.1 Å². The number of rotatable bonds is 2. The number of hydrogen-bond donors (Lipinski definition) is 0. The highest BCUT2D eigenvalue weighted by molar-refractivity contribution is 6.20. The molecule has 0 spiro atoms. The number of alkyl halides is 3. The van der Waals surface area contributed by atoms with Gasteiger partial charge in [-0.05, 0) is 33.8 Å². The first-order chi connectivity index (χ1) is 10.5. The van der Waals surface area contributed by atoms with Crippen LogP contribution in [0.3, 0.4) is 0 Å². The number of hydrogen-bond acceptors (Lipinski definition) is 3. The molecule has 6 nitrogen and oxygen atoms in total. The third-order valence-corrected chi connectivity index (χ3v) is 3.94. The Balaban J connectivity index is 2.64. The van der Waals surface area contributed by atoms with Crippen LogP contribution in [0.5, 0.6) is 0 Å². The van der Waals surface area contributed by atoms with Crippen LogP contribution in [0.2, 0.25) is 0 Å². The summed E-state index contributed by atoms with van der Waals surface area (Å²) in [5.74, 6) is -1.02. The predicted octanol–water partition coefficient (Wildman–Crippen LogP) is 2.13. The van der Waals surface area contributed by atoms with Gasteiger partial charge in [0.2, 0.25) is 0 Å². The molecule has 1 aliphatic heterocycles.